The highest BCUT2D eigenvalue weighted by atomic mass is 31.2. The van der Waals surface area contributed by atoms with Crippen LogP contribution in [0.4, 0.5) is 0 Å². The first kappa shape index (κ1) is 93.1. The van der Waals surface area contributed by atoms with Crippen LogP contribution in [0.1, 0.15) is 395 Å². The van der Waals surface area contributed by atoms with Crippen molar-refractivity contribution >= 4 is 39.5 Å². The first-order chi connectivity index (χ1) is 45.9. The van der Waals surface area contributed by atoms with Crippen LogP contribution in [-0.2, 0) is 65.4 Å². The molecule has 17 nitrogen and oxygen atoms in total. The normalized spacial score (nSPS) is 14.0. The fraction of sp³-hybridized carbons (Fsp3) is 0.947. The summed E-state index contributed by atoms with van der Waals surface area (Å²) in [6.07, 6.45) is 55.5. The lowest BCUT2D eigenvalue weighted by Gasteiger charge is -2.21. The average molecular weight is 1400 g/mol. The third kappa shape index (κ3) is 70.3. The zero-order valence-corrected chi connectivity index (χ0v) is 63.8. The number of phosphoric acid groups is 2. The molecular weight excluding hydrogens is 1250 g/mol. The number of carbonyl (C=O) groups is 4. The zero-order chi connectivity index (χ0) is 70.0. The highest BCUT2D eigenvalue weighted by Crippen LogP contribution is 2.45. The van der Waals surface area contributed by atoms with Crippen LogP contribution in [0, 0.1) is 11.8 Å². The Balaban J connectivity index is 5.18. The minimum atomic E-state index is -4.96. The minimum Gasteiger partial charge on any atom is -0.462 e. The van der Waals surface area contributed by atoms with Crippen molar-refractivity contribution in [1.82, 2.24) is 0 Å². The van der Waals surface area contributed by atoms with E-state index in [0.29, 0.717) is 25.7 Å². The Morgan fingerprint density at radius 3 is 0.716 bits per heavy atom. The quantitative estimate of drug-likeness (QED) is 0.0222. The molecule has 564 valence electrons. The molecule has 3 N–H and O–H groups in total. The van der Waals surface area contributed by atoms with Gasteiger partial charge < -0.3 is 33.8 Å². The number of hydrogen-bond acceptors (Lipinski definition) is 15. The van der Waals surface area contributed by atoms with Gasteiger partial charge in [-0.15, -0.1) is 0 Å². The van der Waals surface area contributed by atoms with E-state index in [2.05, 4.69) is 41.5 Å². The monoisotopic (exact) mass is 1400 g/mol. The summed E-state index contributed by atoms with van der Waals surface area (Å²) in [5, 5.41) is 10.6. The fourth-order valence-corrected chi connectivity index (χ4v) is 13.2. The van der Waals surface area contributed by atoms with Crippen molar-refractivity contribution in [2.24, 2.45) is 11.8 Å². The lowest BCUT2D eigenvalue weighted by molar-refractivity contribution is -0.161. The van der Waals surface area contributed by atoms with Crippen LogP contribution in [0.5, 0.6) is 0 Å². The fourth-order valence-electron chi connectivity index (χ4n) is 11.7. The molecule has 2 unspecified atom stereocenters. The number of ether oxygens (including phenoxy) is 4. The zero-order valence-electron chi connectivity index (χ0n) is 62.0. The van der Waals surface area contributed by atoms with E-state index in [9.17, 15) is 43.2 Å². The molecule has 0 amide bonds. The van der Waals surface area contributed by atoms with E-state index in [1.807, 2.05) is 0 Å². The molecule has 95 heavy (non-hydrogen) atoms. The van der Waals surface area contributed by atoms with Gasteiger partial charge in [0.05, 0.1) is 26.4 Å². The molecule has 0 aliphatic rings. The third-order valence-electron chi connectivity index (χ3n) is 17.7. The first-order valence-corrected chi connectivity index (χ1v) is 42.5. The molecule has 0 saturated carbocycles. The molecular formula is C76H148O17P2. The summed E-state index contributed by atoms with van der Waals surface area (Å²) >= 11 is 0. The number of hydrogen-bond donors (Lipinski definition) is 3. The van der Waals surface area contributed by atoms with Gasteiger partial charge in [-0.2, -0.15) is 0 Å². The highest BCUT2D eigenvalue weighted by Gasteiger charge is 2.30. The van der Waals surface area contributed by atoms with E-state index in [1.54, 1.807) is 0 Å². The van der Waals surface area contributed by atoms with Crippen molar-refractivity contribution in [3.05, 3.63) is 0 Å². The van der Waals surface area contributed by atoms with Gasteiger partial charge in [0.15, 0.2) is 12.2 Å². The van der Waals surface area contributed by atoms with Gasteiger partial charge in [-0.1, -0.05) is 343 Å². The third-order valence-corrected chi connectivity index (χ3v) is 19.6. The predicted octanol–water partition coefficient (Wildman–Crippen LogP) is 22.3. The summed E-state index contributed by atoms with van der Waals surface area (Å²) in [5.74, 6) is -0.515. The summed E-state index contributed by atoms with van der Waals surface area (Å²) in [4.78, 5) is 72.7. The van der Waals surface area contributed by atoms with E-state index >= 15 is 0 Å². The molecule has 0 radical (unpaired) electrons. The molecule has 0 spiro atoms. The van der Waals surface area contributed by atoms with Gasteiger partial charge in [0.1, 0.15) is 19.3 Å². The summed E-state index contributed by atoms with van der Waals surface area (Å²) in [7, 11) is -9.90. The maximum atomic E-state index is 13.1. The van der Waals surface area contributed by atoms with Gasteiger partial charge in [-0.05, 0) is 37.5 Å². The second kappa shape index (κ2) is 67.9. The Bertz CT molecular complexity index is 1840. The molecule has 0 saturated heterocycles. The van der Waals surface area contributed by atoms with Crippen LogP contribution in [0.25, 0.3) is 0 Å². The van der Waals surface area contributed by atoms with Gasteiger partial charge >= 0.3 is 39.5 Å². The molecule has 5 atom stereocenters. The Morgan fingerprint density at radius 2 is 0.484 bits per heavy atom. The van der Waals surface area contributed by atoms with Crippen LogP contribution in [0.3, 0.4) is 0 Å². The molecule has 0 aromatic rings. The maximum absolute atomic E-state index is 13.1. The standard InChI is InChI=1S/C76H148O17P2/c1-7-9-11-13-15-17-35-42-48-54-60-75(80)92-71(64-86-73(78)58-52-46-40-32-16-14-12-10-8-2)66-90-94(82,83)88-62-70(77)63-89-95(84,85)91-67-72(65-87-74(79)59-53-47-41-36-30-27-26-29-34-39-45-51-57-69(5)6)93-76(81)61-55-49-43-37-31-25-23-21-19-18-20-22-24-28-33-38-44-50-56-68(3)4/h68-72,77H,7-67H2,1-6H3,(H,82,83)(H,84,85)/t70-,71+,72+/m0/s1. The van der Waals surface area contributed by atoms with E-state index < -0.39 is 97.5 Å². The Labute approximate surface area is 581 Å². The SMILES string of the molecule is CCCCCCCCCCCCC(=O)O[C@H](COC(=O)CCCCCCCCCCC)COP(=O)(O)OC[C@H](O)COP(=O)(O)OC[C@@H](COC(=O)CCCCCCCCCCCCCCC(C)C)OC(=O)CCCCCCCCCCCCCCCCCCCCC(C)C. The number of aliphatic hydroxyl groups is 1. The molecule has 0 heterocycles. The molecule has 0 aromatic heterocycles. The molecule has 0 bridgehead atoms. The minimum absolute atomic E-state index is 0.107. The lowest BCUT2D eigenvalue weighted by atomic mass is 10.0. The average Bonchev–Trinajstić information content (AvgIpc) is 1.75. The number of rotatable bonds is 75. The number of unbranched alkanes of at least 4 members (excludes halogenated alkanes) is 45. The number of phosphoric ester groups is 2. The van der Waals surface area contributed by atoms with Crippen LogP contribution in [0.2, 0.25) is 0 Å². The predicted molar refractivity (Wildman–Crippen MR) is 386 cm³/mol. The van der Waals surface area contributed by atoms with Crippen molar-refractivity contribution in [3.8, 4) is 0 Å². The Morgan fingerprint density at radius 1 is 0.284 bits per heavy atom. The number of esters is 4. The molecule has 0 rings (SSSR count). The highest BCUT2D eigenvalue weighted by molar-refractivity contribution is 7.47. The smallest absolute Gasteiger partial charge is 0.462 e. The van der Waals surface area contributed by atoms with Crippen molar-refractivity contribution < 1.29 is 80.2 Å². The van der Waals surface area contributed by atoms with Crippen LogP contribution in [0.15, 0.2) is 0 Å². The second-order valence-electron chi connectivity index (χ2n) is 28.3. The summed E-state index contributed by atoms with van der Waals surface area (Å²) in [6.45, 7) is 9.62. The molecule has 0 fully saturated rings. The van der Waals surface area contributed by atoms with Crippen LogP contribution >= 0.6 is 15.6 Å². The van der Waals surface area contributed by atoms with Crippen molar-refractivity contribution in [3.63, 3.8) is 0 Å². The topological polar surface area (TPSA) is 237 Å². The summed E-state index contributed by atoms with van der Waals surface area (Å²) in [6, 6.07) is 0. The van der Waals surface area contributed by atoms with Crippen molar-refractivity contribution in [2.45, 2.75) is 413 Å². The second-order valence-corrected chi connectivity index (χ2v) is 31.3. The molecule has 19 heteroatoms. The van der Waals surface area contributed by atoms with E-state index in [0.717, 1.165) is 102 Å². The van der Waals surface area contributed by atoms with Gasteiger partial charge in [0.25, 0.3) is 0 Å². The number of aliphatic hydroxyl groups excluding tert-OH is 1. The summed E-state index contributed by atoms with van der Waals surface area (Å²) in [5.41, 5.74) is 0. The van der Waals surface area contributed by atoms with E-state index in [1.165, 1.54) is 212 Å². The number of carbonyl (C=O) groups excluding carboxylic acids is 4. The van der Waals surface area contributed by atoms with Gasteiger partial charge in [0, 0.05) is 25.7 Å². The lowest BCUT2D eigenvalue weighted by Crippen LogP contribution is -2.30. The maximum Gasteiger partial charge on any atom is 0.472 e. The Kier molecular flexibility index (Phi) is 66.5. The summed E-state index contributed by atoms with van der Waals surface area (Å²) < 4.78 is 68.4. The van der Waals surface area contributed by atoms with Gasteiger partial charge in [0.2, 0.25) is 0 Å². The van der Waals surface area contributed by atoms with Gasteiger partial charge in [-0.3, -0.25) is 37.3 Å². The molecule has 0 aliphatic carbocycles. The largest absolute Gasteiger partial charge is 0.472 e. The first-order valence-electron chi connectivity index (χ1n) is 39.5. The van der Waals surface area contributed by atoms with Gasteiger partial charge in [-0.25, -0.2) is 9.13 Å². The van der Waals surface area contributed by atoms with Crippen LogP contribution in [-0.4, -0.2) is 96.7 Å². The molecule has 0 aliphatic heterocycles. The van der Waals surface area contributed by atoms with E-state index in [-0.39, 0.29) is 25.7 Å². The molecule has 0 aromatic carbocycles. The van der Waals surface area contributed by atoms with Crippen molar-refractivity contribution in [1.29, 1.82) is 0 Å². The Hall–Kier alpha value is -1.94. The van der Waals surface area contributed by atoms with Crippen LogP contribution < -0.4 is 0 Å². The van der Waals surface area contributed by atoms with Crippen molar-refractivity contribution in [2.75, 3.05) is 39.6 Å². The van der Waals surface area contributed by atoms with E-state index in [4.69, 9.17) is 37.0 Å².